The van der Waals surface area contributed by atoms with Gasteiger partial charge in [-0.05, 0) is 36.6 Å². The summed E-state index contributed by atoms with van der Waals surface area (Å²) in [6, 6.07) is 15.1. The zero-order valence-corrected chi connectivity index (χ0v) is 15.2. The average Bonchev–Trinajstić information content (AvgIpc) is 3.09. The zero-order valence-electron chi connectivity index (χ0n) is 15.2. The minimum absolute atomic E-state index is 0.0556. The Labute approximate surface area is 157 Å². The summed E-state index contributed by atoms with van der Waals surface area (Å²) in [4.78, 5) is 26.6. The number of rotatable bonds is 8. The first-order chi connectivity index (χ1) is 13.2. The lowest BCUT2D eigenvalue weighted by Crippen LogP contribution is -2.13. The van der Waals surface area contributed by atoms with E-state index in [1.54, 1.807) is 24.3 Å². The van der Waals surface area contributed by atoms with E-state index >= 15 is 0 Å². The van der Waals surface area contributed by atoms with Gasteiger partial charge in [-0.2, -0.15) is 0 Å². The summed E-state index contributed by atoms with van der Waals surface area (Å²) in [7, 11) is 1.30. The second-order valence-electron chi connectivity index (χ2n) is 6.15. The molecule has 2 aromatic carbocycles. The molecule has 27 heavy (non-hydrogen) atoms. The first-order valence-electron chi connectivity index (χ1n) is 8.80. The van der Waals surface area contributed by atoms with E-state index in [0.717, 1.165) is 18.4 Å². The van der Waals surface area contributed by atoms with E-state index < -0.39 is 5.97 Å². The van der Waals surface area contributed by atoms with Gasteiger partial charge < -0.3 is 19.8 Å². The van der Waals surface area contributed by atoms with Gasteiger partial charge in [0.15, 0.2) is 6.61 Å². The van der Waals surface area contributed by atoms with E-state index in [1.807, 2.05) is 24.4 Å². The third-order valence-corrected chi connectivity index (χ3v) is 4.23. The molecule has 0 spiro atoms. The molecule has 140 valence electrons. The monoisotopic (exact) mass is 366 g/mol. The Bertz CT molecular complexity index is 933. The van der Waals surface area contributed by atoms with Crippen LogP contribution in [-0.2, 0) is 20.7 Å². The van der Waals surface area contributed by atoms with E-state index in [2.05, 4.69) is 21.1 Å². The molecule has 0 saturated carbocycles. The number of H-pyrrole nitrogens is 1. The van der Waals surface area contributed by atoms with Crippen molar-refractivity contribution in [3.63, 3.8) is 0 Å². The highest BCUT2D eigenvalue weighted by atomic mass is 16.6. The second-order valence-corrected chi connectivity index (χ2v) is 6.15. The van der Waals surface area contributed by atoms with Crippen LogP contribution >= 0.6 is 0 Å². The first kappa shape index (κ1) is 18.5. The highest BCUT2D eigenvalue weighted by Gasteiger charge is 2.07. The number of amides is 1. The number of hydrogen-bond donors (Lipinski definition) is 2. The first-order valence-corrected chi connectivity index (χ1v) is 8.80. The van der Waals surface area contributed by atoms with Crippen molar-refractivity contribution in [3.8, 4) is 5.75 Å². The van der Waals surface area contributed by atoms with Crippen molar-refractivity contribution in [2.75, 3.05) is 19.0 Å². The Balaban J connectivity index is 1.48. The predicted octanol–water partition coefficient (Wildman–Crippen LogP) is 3.68. The van der Waals surface area contributed by atoms with Gasteiger partial charge in [0.2, 0.25) is 5.91 Å². The third-order valence-electron chi connectivity index (χ3n) is 4.23. The van der Waals surface area contributed by atoms with Crippen LogP contribution < -0.4 is 10.1 Å². The highest BCUT2D eigenvalue weighted by molar-refractivity contribution is 5.91. The minimum Gasteiger partial charge on any atom is -0.482 e. The molecule has 2 N–H and O–H groups in total. The van der Waals surface area contributed by atoms with Crippen LogP contribution in [0.15, 0.2) is 54.7 Å². The lowest BCUT2D eigenvalue weighted by Gasteiger charge is -2.08. The van der Waals surface area contributed by atoms with Crippen LogP contribution in [0.2, 0.25) is 0 Å². The number of esters is 1. The van der Waals surface area contributed by atoms with Gasteiger partial charge in [0.1, 0.15) is 5.75 Å². The van der Waals surface area contributed by atoms with Crippen molar-refractivity contribution in [1.29, 1.82) is 0 Å². The molecule has 0 bridgehead atoms. The maximum Gasteiger partial charge on any atom is 0.343 e. The highest BCUT2D eigenvalue weighted by Crippen LogP contribution is 2.20. The molecule has 3 rings (SSSR count). The van der Waals surface area contributed by atoms with Crippen molar-refractivity contribution in [1.82, 2.24) is 4.98 Å². The lowest BCUT2D eigenvalue weighted by atomic mass is 10.1. The number of anilines is 1. The topological polar surface area (TPSA) is 80.4 Å². The number of benzene rings is 2. The van der Waals surface area contributed by atoms with E-state index in [-0.39, 0.29) is 12.5 Å². The van der Waals surface area contributed by atoms with Crippen LogP contribution in [0.3, 0.4) is 0 Å². The minimum atomic E-state index is -0.457. The number of para-hydroxylation sites is 1. The van der Waals surface area contributed by atoms with Crippen molar-refractivity contribution in [2.45, 2.75) is 19.3 Å². The number of hydrogen-bond acceptors (Lipinski definition) is 4. The SMILES string of the molecule is COC(=O)COc1cccc(NC(=O)CCCc2c[nH]c3ccccc23)c1. The number of fused-ring (bicyclic) bond motifs is 1. The number of carbonyl (C=O) groups is 2. The van der Waals surface area contributed by atoms with Gasteiger partial charge in [0.25, 0.3) is 0 Å². The van der Waals surface area contributed by atoms with Crippen LogP contribution in [0.25, 0.3) is 10.9 Å². The maximum atomic E-state index is 12.2. The van der Waals surface area contributed by atoms with Crippen LogP contribution in [0.5, 0.6) is 5.75 Å². The van der Waals surface area contributed by atoms with Crippen LogP contribution in [-0.4, -0.2) is 30.6 Å². The summed E-state index contributed by atoms with van der Waals surface area (Å²) >= 11 is 0. The molecule has 0 atom stereocenters. The number of ether oxygens (including phenoxy) is 2. The van der Waals surface area contributed by atoms with Gasteiger partial charge in [-0.25, -0.2) is 4.79 Å². The van der Waals surface area contributed by atoms with Crippen molar-refractivity contribution < 1.29 is 19.1 Å². The molecule has 6 nitrogen and oxygen atoms in total. The molecule has 0 aliphatic carbocycles. The smallest absolute Gasteiger partial charge is 0.343 e. The van der Waals surface area contributed by atoms with Gasteiger partial charge in [0, 0.05) is 35.3 Å². The van der Waals surface area contributed by atoms with Crippen molar-refractivity contribution in [2.24, 2.45) is 0 Å². The number of aromatic amines is 1. The number of carbonyl (C=O) groups excluding carboxylic acids is 2. The molecule has 1 amide bonds. The molecule has 1 aromatic heterocycles. The number of aryl methyl sites for hydroxylation is 1. The van der Waals surface area contributed by atoms with Gasteiger partial charge in [-0.15, -0.1) is 0 Å². The molecular weight excluding hydrogens is 344 g/mol. The Kier molecular flexibility index (Phi) is 6.10. The average molecular weight is 366 g/mol. The summed E-state index contributed by atoms with van der Waals surface area (Å²) in [6.07, 6.45) is 4.02. The number of aromatic nitrogens is 1. The lowest BCUT2D eigenvalue weighted by molar-refractivity contribution is -0.142. The maximum absolute atomic E-state index is 12.2. The predicted molar refractivity (Wildman–Crippen MR) is 104 cm³/mol. The van der Waals surface area contributed by atoms with E-state index in [4.69, 9.17) is 4.74 Å². The van der Waals surface area contributed by atoms with Gasteiger partial charge in [0.05, 0.1) is 7.11 Å². The van der Waals surface area contributed by atoms with E-state index in [1.165, 1.54) is 18.1 Å². The Morgan fingerprint density at radius 1 is 1.11 bits per heavy atom. The molecule has 0 aliphatic rings. The largest absolute Gasteiger partial charge is 0.482 e. The Hall–Kier alpha value is -3.28. The second kappa shape index (κ2) is 8.89. The zero-order chi connectivity index (χ0) is 19.1. The fourth-order valence-electron chi connectivity index (χ4n) is 2.87. The third kappa shape index (κ3) is 5.10. The Morgan fingerprint density at radius 3 is 2.81 bits per heavy atom. The molecule has 0 unspecified atom stereocenters. The van der Waals surface area contributed by atoms with E-state index in [9.17, 15) is 9.59 Å². The summed E-state index contributed by atoms with van der Waals surface area (Å²) in [6.45, 7) is -0.168. The molecule has 0 saturated heterocycles. The molecule has 6 heteroatoms. The summed E-state index contributed by atoms with van der Waals surface area (Å²) < 4.78 is 9.86. The molecule has 0 aliphatic heterocycles. The molecule has 0 fully saturated rings. The summed E-state index contributed by atoms with van der Waals surface area (Å²) in [5, 5.41) is 4.06. The fourth-order valence-corrected chi connectivity index (χ4v) is 2.87. The summed E-state index contributed by atoms with van der Waals surface area (Å²) in [5.41, 5.74) is 2.96. The normalized spacial score (nSPS) is 10.6. The van der Waals surface area contributed by atoms with Crippen LogP contribution in [0.1, 0.15) is 18.4 Å². The van der Waals surface area contributed by atoms with E-state index in [0.29, 0.717) is 17.9 Å². The number of methoxy groups -OCH3 is 1. The van der Waals surface area contributed by atoms with Crippen LogP contribution in [0, 0.1) is 0 Å². The van der Waals surface area contributed by atoms with Crippen molar-refractivity contribution >= 4 is 28.5 Å². The van der Waals surface area contributed by atoms with Crippen LogP contribution in [0.4, 0.5) is 5.69 Å². The molecule has 1 heterocycles. The standard InChI is InChI=1S/C21H22N2O4/c1-26-21(25)14-27-17-8-5-7-16(12-17)23-20(24)11-4-6-15-13-22-19-10-3-2-9-18(15)19/h2-3,5,7-10,12-13,22H,4,6,11,14H2,1H3,(H,23,24). The van der Waals surface area contributed by atoms with Gasteiger partial charge >= 0.3 is 5.97 Å². The summed E-state index contributed by atoms with van der Waals surface area (Å²) in [5.74, 6) is -0.0151. The molecular formula is C21H22N2O4. The fraction of sp³-hybridized carbons (Fsp3) is 0.238. The quantitative estimate of drug-likeness (QED) is 0.596. The molecule has 0 radical (unpaired) electrons. The van der Waals surface area contributed by atoms with Crippen molar-refractivity contribution in [3.05, 3.63) is 60.3 Å². The molecule has 3 aromatic rings. The number of nitrogens with one attached hydrogen (secondary N) is 2. The Morgan fingerprint density at radius 2 is 1.96 bits per heavy atom. The van der Waals surface area contributed by atoms with Gasteiger partial charge in [-0.3, -0.25) is 4.79 Å². The van der Waals surface area contributed by atoms with Gasteiger partial charge in [-0.1, -0.05) is 24.3 Å².